The summed E-state index contributed by atoms with van der Waals surface area (Å²) in [6.07, 6.45) is 0. The zero-order chi connectivity index (χ0) is 10.1. The van der Waals surface area contributed by atoms with E-state index in [0.717, 1.165) is 20.7 Å². The summed E-state index contributed by atoms with van der Waals surface area (Å²) >= 11 is 7.29. The van der Waals surface area contributed by atoms with Crippen LogP contribution < -0.4 is 4.74 Å². The van der Waals surface area contributed by atoms with Crippen molar-refractivity contribution in [1.29, 1.82) is 0 Å². The Hall–Kier alpha value is -0.930. The molecule has 1 N–H and O–H groups in total. The number of hydrogen-bond donors (Lipinski definition) is 1. The van der Waals surface area contributed by atoms with Gasteiger partial charge in [0.2, 0.25) is 0 Å². The van der Waals surface area contributed by atoms with E-state index in [1.807, 2.05) is 12.1 Å². The third-order valence-electron chi connectivity index (χ3n) is 2.06. The molecule has 2 rings (SSSR count). The van der Waals surface area contributed by atoms with Gasteiger partial charge in [0.1, 0.15) is 5.75 Å². The Morgan fingerprint density at radius 2 is 2.29 bits per heavy atom. The number of benzene rings is 1. The van der Waals surface area contributed by atoms with Crippen LogP contribution >= 0.6 is 22.9 Å². The molecule has 1 aromatic carbocycles. The van der Waals surface area contributed by atoms with E-state index in [4.69, 9.17) is 16.3 Å². The molecule has 0 amide bonds. The van der Waals surface area contributed by atoms with Crippen LogP contribution in [0.3, 0.4) is 0 Å². The number of rotatable bonds is 2. The highest BCUT2D eigenvalue weighted by atomic mass is 35.5. The number of aromatic hydroxyl groups is 1. The van der Waals surface area contributed by atoms with Gasteiger partial charge in [0.25, 0.3) is 0 Å². The van der Waals surface area contributed by atoms with Crippen LogP contribution in [0.5, 0.6) is 10.8 Å². The molecular formula is C10H9ClO2S. The predicted octanol–water partition coefficient (Wildman–Crippen LogP) is 3.35. The molecule has 0 saturated carbocycles. The Bertz CT molecular complexity index is 464. The summed E-state index contributed by atoms with van der Waals surface area (Å²) in [5.41, 5.74) is 1.02. The van der Waals surface area contributed by atoms with Crippen molar-refractivity contribution >= 4 is 33.0 Å². The highest BCUT2D eigenvalue weighted by Crippen LogP contribution is 2.39. The first kappa shape index (κ1) is 9.62. The average Bonchev–Trinajstić information content (AvgIpc) is 2.63. The fourth-order valence-corrected chi connectivity index (χ4v) is 2.66. The largest absolute Gasteiger partial charge is 0.507 e. The van der Waals surface area contributed by atoms with Crippen molar-refractivity contribution in [2.24, 2.45) is 0 Å². The van der Waals surface area contributed by atoms with E-state index in [0.29, 0.717) is 5.88 Å². The molecule has 0 bridgehead atoms. The van der Waals surface area contributed by atoms with Gasteiger partial charge in [-0.15, -0.1) is 11.6 Å². The molecule has 0 saturated heterocycles. The molecule has 4 heteroatoms. The van der Waals surface area contributed by atoms with Crippen LogP contribution in [0.2, 0.25) is 0 Å². The van der Waals surface area contributed by atoms with Crippen LogP contribution in [0.15, 0.2) is 18.2 Å². The van der Waals surface area contributed by atoms with Crippen molar-refractivity contribution in [2.75, 3.05) is 7.11 Å². The van der Waals surface area contributed by atoms with Gasteiger partial charge in [-0.1, -0.05) is 17.4 Å². The van der Waals surface area contributed by atoms with Crippen LogP contribution in [0.4, 0.5) is 0 Å². The van der Waals surface area contributed by atoms with Gasteiger partial charge < -0.3 is 9.84 Å². The molecular weight excluding hydrogens is 220 g/mol. The molecule has 1 aromatic heterocycles. The minimum Gasteiger partial charge on any atom is -0.507 e. The van der Waals surface area contributed by atoms with Crippen molar-refractivity contribution in [3.05, 3.63) is 23.8 Å². The van der Waals surface area contributed by atoms with Crippen LogP contribution in [0, 0.1) is 0 Å². The first-order valence-electron chi connectivity index (χ1n) is 4.10. The van der Waals surface area contributed by atoms with Crippen molar-refractivity contribution < 1.29 is 9.84 Å². The van der Waals surface area contributed by atoms with Crippen LogP contribution in [-0.4, -0.2) is 12.2 Å². The maximum Gasteiger partial charge on any atom is 0.174 e. The van der Waals surface area contributed by atoms with Gasteiger partial charge in [0.05, 0.1) is 7.11 Å². The summed E-state index contributed by atoms with van der Waals surface area (Å²) in [7, 11) is 1.61. The zero-order valence-electron chi connectivity index (χ0n) is 7.58. The molecule has 0 aliphatic heterocycles. The van der Waals surface area contributed by atoms with Gasteiger partial charge in [0.15, 0.2) is 5.06 Å². The molecule has 0 radical (unpaired) electrons. The molecule has 0 spiro atoms. The van der Waals surface area contributed by atoms with Gasteiger partial charge in [-0.2, -0.15) is 0 Å². The molecule has 0 fully saturated rings. The maximum absolute atomic E-state index is 9.61. The Morgan fingerprint density at radius 3 is 2.93 bits per heavy atom. The Balaban J connectivity index is 2.74. The summed E-state index contributed by atoms with van der Waals surface area (Å²) in [6, 6.07) is 5.32. The smallest absolute Gasteiger partial charge is 0.174 e. The van der Waals surface area contributed by atoms with E-state index in [9.17, 15) is 5.11 Å². The van der Waals surface area contributed by atoms with Gasteiger partial charge in [-0.05, 0) is 11.6 Å². The lowest BCUT2D eigenvalue weighted by molar-refractivity contribution is 0.427. The molecule has 0 aliphatic carbocycles. The second kappa shape index (κ2) is 3.67. The predicted molar refractivity (Wildman–Crippen MR) is 59.6 cm³/mol. The van der Waals surface area contributed by atoms with E-state index >= 15 is 0 Å². The summed E-state index contributed by atoms with van der Waals surface area (Å²) in [5, 5.41) is 11.2. The molecule has 74 valence electrons. The first-order chi connectivity index (χ1) is 6.76. The SMILES string of the molecule is COc1cc2c(O)ccc(CCl)c2s1. The number of hydrogen-bond acceptors (Lipinski definition) is 3. The topological polar surface area (TPSA) is 29.5 Å². The summed E-state index contributed by atoms with van der Waals surface area (Å²) in [5.74, 6) is 0.717. The number of methoxy groups -OCH3 is 1. The van der Waals surface area contributed by atoms with Crippen molar-refractivity contribution in [3.8, 4) is 10.8 Å². The quantitative estimate of drug-likeness (QED) is 0.799. The molecule has 2 nitrogen and oxygen atoms in total. The number of halogens is 1. The van der Waals surface area contributed by atoms with Crippen LogP contribution in [0.25, 0.3) is 10.1 Å². The van der Waals surface area contributed by atoms with Gasteiger partial charge in [-0.3, -0.25) is 0 Å². The Kier molecular flexibility index (Phi) is 2.52. The fraction of sp³-hybridized carbons (Fsp3) is 0.200. The highest BCUT2D eigenvalue weighted by molar-refractivity contribution is 7.21. The maximum atomic E-state index is 9.61. The lowest BCUT2D eigenvalue weighted by Gasteiger charge is -1.98. The van der Waals surface area contributed by atoms with Crippen LogP contribution in [-0.2, 0) is 5.88 Å². The molecule has 0 unspecified atom stereocenters. The molecule has 14 heavy (non-hydrogen) atoms. The molecule has 1 heterocycles. The zero-order valence-corrected chi connectivity index (χ0v) is 9.15. The normalized spacial score (nSPS) is 10.7. The van der Waals surface area contributed by atoms with Crippen molar-refractivity contribution in [2.45, 2.75) is 5.88 Å². The number of thiophene rings is 1. The minimum absolute atomic E-state index is 0.272. The summed E-state index contributed by atoms with van der Waals surface area (Å²) in [6.45, 7) is 0. The van der Waals surface area contributed by atoms with Gasteiger partial charge >= 0.3 is 0 Å². The standard InChI is InChI=1S/C10H9ClO2S/c1-13-9-4-7-8(12)3-2-6(5-11)10(7)14-9/h2-4,12H,5H2,1H3. The van der Waals surface area contributed by atoms with Crippen molar-refractivity contribution in [3.63, 3.8) is 0 Å². The number of phenols is 1. The van der Waals surface area contributed by atoms with E-state index < -0.39 is 0 Å². The Labute approximate surface area is 90.7 Å². The molecule has 0 atom stereocenters. The number of fused-ring (bicyclic) bond motifs is 1. The second-order valence-corrected chi connectivity index (χ2v) is 4.17. The van der Waals surface area contributed by atoms with Crippen LogP contribution in [0.1, 0.15) is 5.56 Å². The van der Waals surface area contributed by atoms with Gasteiger partial charge in [-0.25, -0.2) is 0 Å². The minimum atomic E-state index is 0.272. The highest BCUT2D eigenvalue weighted by Gasteiger charge is 2.09. The average molecular weight is 229 g/mol. The van der Waals surface area contributed by atoms with E-state index in [1.165, 1.54) is 11.3 Å². The van der Waals surface area contributed by atoms with Crippen molar-refractivity contribution in [1.82, 2.24) is 0 Å². The monoisotopic (exact) mass is 228 g/mol. The first-order valence-corrected chi connectivity index (χ1v) is 5.45. The van der Waals surface area contributed by atoms with E-state index in [2.05, 4.69) is 0 Å². The number of phenolic OH excluding ortho intramolecular Hbond substituents is 1. The van der Waals surface area contributed by atoms with E-state index in [-0.39, 0.29) is 5.75 Å². The second-order valence-electron chi connectivity index (χ2n) is 2.89. The Morgan fingerprint density at radius 1 is 1.50 bits per heavy atom. The number of alkyl halides is 1. The fourth-order valence-electron chi connectivity index (χ4n) is 1.35. The molecule has 0 aliphatic rings. The summed E-state index contributed by atoms with van der Waals surface area (Å²) in [4.78, 5) is 0. The summed E-state index contributed by atoms with van der Waals surface area (Å²) < 4.78 is 6.12. The van der Waals surface area contributed by atoms with Gasteiger partial charge in [0, 0.05) is 22.0 Å². The lowest BCUT2D eigenvalue weighted by atomic mass is 10.2. The lowest BCUT2D eigenvalue weighted by Crippen LogP contribution is -1.76. The molecule has 2 aromatic rings. The van der Waals surface area contributed by atoms with E-state index in [1.54, 1.807) is 13.2 Å². The third kappa shape index (κ3) is 1.42. The number of ether oxygens (including phenoxy) is 1. The third-order valence-corrected chi connectivity index (χ3v) is 3.52.